The highest BCUT2D eigenvalue weighted by Crippen LogP contribution is 2.31. The molecular weight excluding hydrogens is 436 g/mol. The Labute approximate surface area is 199 Å². The van der Waals surface area contributed by atoms with Crippen molar-refractivity contribution in [3.05, 3.63) is 34.2 Å². The van der Waals surface area contributed by atoms with Crippen LogP contribution in [0.15, 0.2) is 23.0 Å². The Morgan fingerprint density at radius 3 is 2.47 bits per heavy atom. The number of carbonyl (C=O) groups is 3. The minimum absolute atomic E-state index is 0.201. The number of likely N-dealkylation sites (tertiary alicyclic amines) is 1. The molecule has 4 rings (SSSR count). The molecule has 0 bridgehead atoms. The third kappa shape index (κ3) is 5.09. The quantitative estimate of drug-likeness (QED) is 0.543. The predicted molar refractivity (Wildman–Crippen MR) is 127 cm³/mol. The molecule has 0 aliphatic carbocycles. The Morgan fingerprint density at radius 2 is 1.79 bits per heavy atom. The first-order valence-corrected chi connectivity index (χ1v) is 12.0. The maximum atomic E-state index is 13.1. The average Bonchev–Trinajstić information content (AvgIpc) is 2.88. The number of imidazole rings is 1. The molecule has 0 spiro atoms. The number of aromatic nitrogens is 2. The van der Waals surface area contributed by atoms with Crippen LogP contribution >= 0.6 is 0 Å². The van der Waals surface area contributed by atoms with Gasteiger partial charge in [0.15, 0.2) is 0 Å². The Kier molecular flexibility index (Phi) is 6.66. The number of nitrogens with one attached hydrogen (secondary N) is 1. The Hall–Kier alpha value is -2.94. The van der Waals surface area contributed by atoms with E-state index in [9.17, 15) is 19.2 Å². The number of piperidine rings is 1. The highest BCUT2D eigenvalue weighted by Gasteiger charge is 2.30. The lowest BCUT2D eigenvalue weighted by Gasteiger charge is -2.32. The molecule has 2 aliphatic heterocycles. The van der Waals surface area contributed by atoms with E-state index in [4.69, 9.17) is 4.74 Å². The summed E-state index contributed by atoms with van der Waals surface area (Å²) in [6, 6.07) is 5.30. The van der Waals surface area contributed by atoms with Gasteiger partial charge in [-0.15, -0.1) is 0 Å². The van der Waals surface area contributed by atoms with Gasteiger partial charge >= 0.3 is 11.7 Å². The number of hydrogen-bond acceptors (Lipinski definition) is 6. The second-order valence-electron chi connectivity index (χ2n) is 10.4. The molecule has 2 amide bonds. The number of amides is 2. The van der Waals surface area contributed by atoms with Gasteiger partial charge in [-0.1, -0.05) is 6.07 Å². The molecule has 2 saturated heterocycles. The van der Waals surface area contributed by atoms with Crippen LogP contribution in [0.3, 0.4) is 0 Å². The highest BCUT2D eigenvalue weighted by atomic mass is 16.6. The molecule has 0 saturated carbocycles. The second kappa shape index (κ2) is 9.37. The molecule has 34 heavy (non-hydrogen) atoms. The molecule has 1 aromatic heterocycles. The van der Waals surface area contributed by atoms with Crippen LogP contribution in [-0.4, -0.2) is 57.1 Å². The van der Waals surface area contributed by atoms with Crippen molar-refractivity contribution < 1.29 is 19.1 Å². The smallest absolute Gasteiger partial charge is 0.329 e. The number of esters is 1. The van der Waals surface area contributed by atoms with Crippen LogP contribution in [0.5, 0.6) is 0 Å². The summed E-state index contributed by atoms with van der Waals surface area (Å²) in [6.07, 6.45) is 3.13. The van der Waals surface area contributed by atoms with Crippen molar-refractivity contribution in [2.45, 2.75) is 70.4 Å². The van der Waals surface area contributed by atoms with E-state index in [0.717, 1.165) is 37.0 Å². The second-order valence-corrected chi connectivity index (χ2v) is 10.4. The third-order valence-corrected chi connectivity index (χ3v) is 6.70. The van der Waals surface area contributed by atoms with Crippen molar-refractivity contribution in [1.82, 2.24) is 19.4 Å². The average molecular weight is 471 g/mol. The largest absolute Gasteiger partial charge is 0.459 e. The van der Waals surface area contributed by atoms with Crippen LogP contribution in [0.2, 0.25) is 0 Å². The Bertz CT molecular complexity index is 1160. The number of aryl methyl sites for hydroxylation is 1. The van der Waals surface area contributed by atoms with Crippen molar-refractivity contribution in [2.24, 2.45) is 7.05 Å². The van der Waals surface area contributed by atoms with Gasteiger partial charge in [-0.2, -0.15) is 0 Å². The summed E-state index contributed by atoms with van der Waals surface area (Å²) in [4.78, 5) is 51.7. The molecule has 9 nitrogen and oxygen atoms in total. The van der Waals surface area contributed by atoms with Gasteiger partial charge in [0.05, 0.1) is 17.6 Å². The highest BCUT2D eigenvalue weighted by molar-refractivity contribution is 5.98. The van der Waals surface area contributed by atoms with E-state index in [2.05, 4.69) is 10.2 Å². The molecule has 2 aliphatic rings. The van der Waals surface area contributed by atoms with Crippen molar-refractivity contribution in [2.75, 3.05) is 19.6 Å². The molecule has 0 radical (unpaired) electrons. The van der Waals surface area contributed by atoms with E-state index in [1.54, 1.807) is 11.6 Å². The standard InChI is InChI=1S/C25H34N4O5/c1-25(2,3)34-22(31)15-28-12-10-16(11-13-28)17-8-9-18-20(14-17)27(4)24(33)29(18)19-6-5-7-21(30)26-23(19)32/h8-9,14,16,19H,5-7,10-13,15H2,1-4H3,(H,26,30,32). The van der Waals surface area contributed by atoms with Gasteiger partial charge < -0.3 is 4.74 Å². The fourth-order valence-corrected chi connectivity index (χ4v) is 5.03. The van der Waals surface area contributed by atoms with Crippen LogP contribution < -0.4 is 11.0 Å². The van der Waals surface area contributed by atoms with Crippen LogP contribution in [0, 0.1) is 0 Å². The number of fused-ring (bicyclic) bond motifs is 1. The lowest BCUT2D eigenvalue weighted by Crippen LogP contribution is -2.39. The summed E-state index contributed by atoms with van der Waals surface area (Å²) in [6.45, 7) is 7.52. The van der Waals surface area contributed by atoms with Gasteiger partial charge in [0.25, 0.3) is 0 Å². The van der Waals surface area contributed by atoms with E-state index < -0.39 is 17.6 Å². The van der Waals surface area contributed by atoms with Gasteiger partial charge in [-0.3, -0.25) is 33.7 Å². The molecule has 1 atom stereocenters. The Morgan fingerprint density at radius 1 is 1.09 bits per heavy atom. The van der Waals surface area contributed by atoms with E-state index >= 15 is 0 Å². The predicted octanol–water partition coefficient (Wildman–Crippen LogP) is 2.23. The summed E-state index contributed by atoms with van der Waals surface area (Å²) in [7, 11) is 1.72. The first kappa shape index (κ1) is 24.2. The topological polar surface area (TPSA) is 103 Å². The molecule has 3 heterocycles. The van der Waals surface area contributed by atoms with Gasteiger partial charge in [-0.25, -0.2) is 4.79 Å². The van der Waals surface area contributed by atoms with Gasteiger partial charge in [0.2, 0.25) is 11.8 Å². The third-order valence-electron chi connectivity index (χ3n) is 6.70. The summed E-state index contributed by atoms with van der Waals surface area (Å²) in [5.41, 5.74) is 1.89. The molecule has 1 aromatic carbocycles. The molecule has 2 aromatic rings. The van der Waals surface area contributed by atoms with E-state index in [0.29, 0.717) is 37.2 Å². The van der Waals surface area contributed by atoms with E-state index in [1.165, 1.54) is 4.57 Å². The minimum atomic E-state index is -0.690. The first-order chi connectivity index (χ1) is 16.0. The zero-order valence-corrected chi connectivity index (χ0v) is 20.4. The van der Waals surface area contributed by atoms with Gasteiger partial charge in [0.1, 0.15) is 11.6 Å². The number of carbonyl (C=O) groups excluding carboxylic acids is 3. The maximum Gasteiger partial charge on any atom is 0.329 e. The van der Waals surface area contributed by atoms with Crippen molar-refractivity contribution in [3.63, 3.8) is 0 Å². The molecule has 184 valence electrons. The van der Waals surface area contributed by atoms with Crippen molar-refractivity contribution >= 4 is 28.8 Å². The monoisotopic (exact) mass is 470 g/mol. The van der Waals surface area contributed by atoms with Gasteiger partial charge in [0, 0.05) is 13.5 Å². The van der Waals surface area contributed by atoms with Crippen molar-refractivity contribution in [3.8, 4) is 0 Å². The van der Waals surface area contributed by atoms with Gasteiger partial charge in [-0.05, 0) is 83.2 Å². The van der Waals surface area contributed by atoms with E-state index in [1.807, 2.05) is 39.0 Å². The lowest BCUT2D eigenvalue weighted by atomic mass is 9.89. The lowest BCUT2D eigenvalue weighted by molar-refractivity contribution is -0.156. The SMILES string of the molecule is Cn1c(=O)n(C2CCCC(=O)NC2=O)c2ccc(C3CCN(CC(=O)OC(C)(C)C)CC3)cc21. The number of rotatable bonds is 4. The zero-order chi connectivity index (χ0) is 24.6. The number of imide groups is 1. The Balaban J connectivity index is 1.50. The molecular formula is C25H34N4O5. The fraction of sp³-hybridized carbons (Fsp3) is 0.600. The van der Waals surface area contributed by atoms with Crippen LogP contribution in [0.1, 0.15) is 70.4 Å². The molecule has 9 heteroatoms. The number of benzene rings is 1. The molecule has 1 N–H and O–H groups in total. The maximum absolute atomic E-state index is 13.1. The molecule has 2 fully saturated rings. The fourth-order valence-electron chi connectivity index (χ4n) is 5.03. The summed E-state index contributed by atoms with van der Waals surface area (Å²) in [5.74, 6) is -0.580. The number of hydrogen-bond donors (Lipinski definition) is 1. The van der Waals surface area contributed by atoms with Crippen LogP contribution in [-0.2, 0) is 26.2 Å². The molecule has 1 unspecified atom stereocenters. The first-order valence-electron chi connectivity index (χ1n) is 12.0. The van der Waals surface area contributed by atoms with Crippen LogP contribution in [0.25, 0.3) is 11.0 Å². The number of ether oxygens (including phenoxy) is 1. The van der Waals surface area contributed by atoms with Crippen LogP contribution in [0.4, 0.5) is 0 Å². The van der Waals surface area contributed by atoms with E-state index in [-0.39, 0.29) is 17.6 Å². The zero-order valence-electron chi connectivity index (χ0n) is 20.4. The normalized spacial score (nSPS) is 20.9. The van der Waals surface area contributed by atoms with Crippen molar-refractivity contribution in [1.29, 1.82) is 0 Å². The number of nitrogens with zero attached hydrogens (tertiary/aromatic N) is 3. The minimum Gasteiger partial charge on any atom is -0.459 e. The summed E-state index contributed by atoms with van der Waals surface area (Å²) < 4.78 is 8.54. The summed E-state index contributed by atoms with van der Waals surface area (Å²) >= 11 is 0. The summed E-state index contributed by atoms with van der Waals surface area (Å²) in [5, 5.41) is 2.40.